The Labute approximate surface area is 91.1 Å². The summed E-state index contributed by atoms with van der Waals surface area (Å²) in [5.74, 6) is 0.623. The molecular weight excluding hydrogens is 188 g/mol. The van der Waals surface area contributed by atoms with Crippen LogP contribution in [0.5, 0.6) is 0 Å². The summed E-state index contributed by atoms with van der Waals surface area (Å²) in [6.07, 6.45) is 7.86. The van der Waals surface area contributed by atoms with Crippen LogP contribution < -0.4 is 0 Å². The number of rotatable bonds is 2. The number of aliphatic hydroxyl groups excluding tert-OH is 1. The van der Waals surface area contributed by atoms with Gasteiger partial charge in [-0.2, -0.15) is 5.10 Å². The van der Waals surface area contributed by atoms with Gasteiger partial charge in [0.2, 0.25) is 0 Å². The molecule has 0 bridgehead atoms. The van der Waals surface area contributed by atoms with E-state index in [0.717, 1.165) is 25.7 Å². The van der Waals surface area contributed by atoms with Crippen molar-refractivity contribution in [2.24, 2.45) is 5.92 Å². The normalized spacial score (nSPS) is 31.8. The van der Waals surface area contributed by atoms with Crippen LogP contribution in [0.15, 0.2) is 12.4 Å². The third-order valence-electron chi connectivity index (χ3n) is 3.53. The van der Waals surface area contributed by atoms with Gasteiger partial charge in [-0.05, 0) is 37.2 Å². The molecule has 1 heterocycles. The van der Waals surface area contributed by atoms with Gasteiger partial charge in [0.1, 0.15) is 0 Å². The highest BCUT2D eigenvalue weighted by Gasteiger charge is 2.28. The van der Waals surface area contributed by atoms with Gasteiger partial charge in [-0.15, -0.1) is 0 Å². The summed E-state index contributed by atoms with van der Waals surface area (Å²) in [6, 6.07) is 0.383. The van der Waals surface area contributed by atoms with Crippen molar-refractivity contribution < 1.29 is 5.11 Å². The molecule has 0 amide bonds. The van der Waals surface area contributed by atoms with Gasteiger partial charge in [-0.1, -0.05) is 13.8 Å². The molecule has 1 aliphatic carbocycles. The molecule has 1 saturated carbocycles. The van der Waals surface area contributed by atoms with Crippen LogP contribution in [0.25, 0.3) is 0 Å². The van der Waals surface area contributed by atoms with Crippen molar-refractivity contribution in [3.05, 3.63) is 18.0 Å². The Morgan fingerprint density at radius 2 is 2.33 bits per heavy atom. The van der Waals surface area contributed by atoms with Crippen LogP contribution >= 0.6 is 0 Å². The first-order valence-electron chi connectivity index (χ1n) is 5.91. The number of aryl methyl sites for hydroxylation is 1. The van der Waals surface area contributed by atoms with Crippen molar-refractivity contribution in [3.8, 4) is 0 Å². The average Bonchev–Trinajstić information content (AvgIpc) is 2.70. The number of hydrogen-bond donors (Lipinski definition) is 1. The van der Waals surface area contributed by atoms with Crippen LogP contribution in [-0.4, -0.2) is 21.0 Å². The summed E-state index contributed by atoms with van der Waals surface area (Å²) < 4.78 is 2.05. The zero-order valence-corrected chi connectivity index (χ0v) is 9.56. The third-order valence-corrected chi connectivity index (χ3v) is 3.53. The maximum Gasteiger partial charge on any atom is 0.0569 e. The Morgan fingerprint density at radius 1 is 1.53 bits per heavy atom. The highest BCUT2D eigenvalue weighted by atomic mass is 16.3. The molecule has 1 fully saturated rings. The molecule has 0 radical (unpaired) electrons. The molecule has 0 spiro atoms. The molecule has 3 heteroatoms. The third kappa shape index (κ3) is 2.23. The highest BCUT2D eigenvalue weighted by molar-refractivity contribution is 5.04. The average molecular weight is 208 g/mol. The van der Waals surface area contributed by atoms with Gasteiger partial charge in [-0.25, -0.2) is 0 Å². The Bertz CT molecular complexity index is 321. The van der Waals surface area contributed by atoms with Gasteiger partial charge in [0.15, 0.2) is 0 Å². The lowest BCUT2D eigenvalue weighted by atomic mass is 9.84. The summed E-state index contributed by atoms with van der Waals surface area (Å²) >= 11 is 0. The molecule has 0 aliphatic heterocycles. The van der Waals surface area contributed by atoms with Crippen LogP contribution in [0.1, 0.15) is 44.7 Å². The summed E-state index contributed by atoms with van der Waals surface area (Å²) in [5, 5.41) is 14.1. The largest absolute Gasteiger partial charge is 0.393 e. The first-order chi connectivity index (χ1) is 7.20. The van der Waals surface area contributed by atoms with E-state index < -0.39 is 0 Å². The number of aromatic nitrogens is 2. The molecule has 84 valence electrons. The van der Waals surface area contributed by atoms with Crippen molar-refractivity contribution in [3.63, 3.8) is 0 Å². The fourth-order valence-electron chi connectivity index (χ4n) is 2.39. The second-order valence-electron chi connectivity index (χ2n) is 4.69. The predicted octanol–water partition coefficient (Wildman–Crippen LogP) is 2.17. The van der Waals surface area contributed by atoms with E-state index in [0.29, 0.717) is 12.0 Å². The van der Waals surface area contributed by atoms with Crippen LogP contribution in [0.4, 0.5) is 0 Å². The Morgan fingerprint density at radius 3 is 3.00 bits per heavy atom. The second kappa shape index (κ2) is 4.35. The molecule has 3 atom stereocenters. The van der Waals surface area contributed by atoms with E-state index in [-0.39, 0.29) is 6.10 Å². The molecule has 1 aromatic rings. The molecule has 3 unspecified atom stereocenters. The van der Waals surface area contributed by atoms with Crippen molar-refractivity contribution in [2.45, 2.75) is 51.7 Å². The van der Waals surface area contributed by atoms with E-state index in [2.05, 4.69) is 25.1 Å². The topological polar surface area (TPSA) is 38.0 Å². The first-order valence-corrected chi connectivity index (χ1v) is 5.91. The lowest BCUT2D eigenvalue weighted by molar-refractivity contribution is 0.0735. The maximum absolute atomic E-state index is 9.68. The SMILES string of the molecule is CCc1cnn(C2CC(O)CCC2C)c1. The van der Waals surface area contributed by atoms with Gasteiger partial charge >= 0.3 is 0 Å². The van der Waals surface area contributed by atoms with Gasteiger partial charge < -0.3 is 5.11 Å². The molecule has 1 aromatic heterocycles. The van der Waals surface area contributed by atoms with Gasteiger partial charge in [0, 0.05) is 6.20 Å². The van der Waals surface area contributed by atoms with E-state index in [1.165, 1.54) is 5.56 Å². The van der Waals surface area contributed by atoms with E-state index >= 15 is 0 Å². The van der Waals surface area contributed by atoms with Crippen LogP contribution in [0.2, 0.25) is 0 Å². The number of aliphatic hydroxyl groups is 1. The van der Waals surface area contributed by atoms with E-state index in [1.54, 1.807) is 0 Å². The minimum absolute atomic E-state index is 0.138. The lowest BCUT2D eigenvalue weighted by Gasteiger charge is -2.32. The molecular formula is C12H20N2O. The number of nitrogens with zero attached hydrogens (tertiary/aromatic N) is 2. The summed E-state index contributed by atoms with van der Waals surface area (Å²) in [7, 11) is 0. The monoisotopic (exact) mass is 208 g/mol. The fraction of sp³-hybridized carbons (Fsp3) is 0.750. The fourth-order valence-corrected chi connectivity index (χ4v) is 2.39. The Hall–Kier alpha value is -0.830. The van der Waals surface area contributed by atoms with Crippen molar-refractivity contribution in [1.82, 2.24) is 9.78 Å². The van der Waals surface area contributed by atoms with Crippen molar-refractivity contribution >= 4 is 0 Å². The van der Waals surface area contributed by atoms with Crippen LogP contribution in [-0.2, 0) is 6.42 Å². The quantitative estimate of drug-likeness (QED) is 0.809. The molecule has 2 rings (SSSR count). The van der Waals surface area contributed by atoms with E-state index in [4.69, 9.17) is 0 Å². The van der Waals surface area contributed by atoms with Crippen LogP contribution in [0.3, 0.4) is 0 Å². The van der Waals surface area contributed by atoms with Crippen molar-refractivity contribution in [1.29, 1.82) is 0 Å². The van der Waals surface area contributed by atoms with Gasteiger partial charge in [-0.3, -0.25) is 4.68 Å². The Kier molecular flexibility index (Phi) is 3.10. The zero-order chi connectivity index (χ0) is 10.8. The van der Waals surface area contributed by atoms with Crippen molar-refractivity contribution in [2.75, 3.05) is 0 Å². The van der Waals surface area contributed by atoms with Gasteiger partial charge in [0.25, 0.3) is 0 Å². The molecule has 15 heavy (non-hydrogen) atoms. The molecule has 0 aromatic carbocycles. The van der Waals surface area contributed by atoms with Crippen LogP contribution in [0, 0.1) is 5.92 Å². The maximum atomic E-state index is 9.68. The molecule has 0 saturated heterocycles. The minimum Gasteiger partial charge on any atom is -0.393 e. The van der Waals surface area contributed by atoms with E-state index in [9.17, 15) is 5.11 Å². The second-order valence-corrected chi connectivity index (χ2v) is 4.69. The molecule has 3 nitrogen and oxygen atoms in total. The lowest BCUT2D eigenvalue weighted by Crippen LogP contribution is -2.28. The highest BCUT2D eigenvalue weighted by Crippen LogP contribution is 2.33. The standard InChI is InChI=1S/C12H20N2O/c1-3-10-7-13-14(8-10)12-6-11(15)5-4-9(12)2/h7-9,11-12,15H,3-6H2,1-2H3. The molecule has 1 aliphatic rings. The van der Waals surface area contributed by atoms with E-state index in [1.807, 2.05) is 10.9 Å². The minimum atomic E-state index is -0.138. The zero-order valence-electron chi connectivity index (χ0n) is 9.56. The molecule has 1 N–H and O–H groups in total. The smallest absolute Gasteiger partial charge is 0.0569 e. The predicted molar refractivity (Wildman–Crippen MR) is 59.7 cm³/mol. The number of hydrogen-bond acceptors (Lipinski definition) is 2. The van der Waals surface area contributed by atoms with Gasteiger partial charge in [0.05, 0.1) is 18.3 Å². The Balaban J connectivity index is 2.13. The summed E-state index contributed by atoms with van der Waals surface area (Å²) in [5.41, 5.74) is 1.28. The summed E-state index contributed by atoms with van der Waals surface area (Å²) in [6.45, 7) is 4.39. The first kappa shape index (κ1) is 10.7. The summed E-state index contributed by atoms with van der Waals surface area (Å²) in [4.78, 5) is 0.